The van der Waals surface area contributed by atoms with Gasteiger partial charge in [0.15, 0.2) is 5.78 Å². The number of aromatic nitrogens is 2. The van der Waals surface area contributed by atoms with Crippen molar-refractivity contribution in [3.05, 3.63) is 136 Å². The summed E-state index contributed by atoms with van der Waals surface area (Å²) < 4.78 is 22.9. The van der Waals surface area contributed by atoms with Gasteiger partial charge < -0.3 is 9.64 Å². The van der Waals surface area contributed by atoms with Crippen LogP contribution in [0, 0.1) is 11.7 Å². The molecule has 1 aliphatic rings. The van der Waals surface area contributed by atoms with E-state index in [0.29, 0.717) is 25.3 Å². The van der Waals surface area contributed by atoms with Crippen molar-refractivity contribution < 1.29 is 13.9 Å². The molecule has 0 bridgehead atoms. The van der Waals surface area contributed by atoms with Crippen LogP contribution in [0.1, 0.15) is 34.3 Å². The lowest BCUT2D eigenvalue weighted by atomic mass is 9.89. The SMILES string of the molecule is Cl.O=C(c1ccc(F)cc1)C1CCN(CCn2c(=O)n(Cc3ccc(OCc4ccccc4)cc3)c3ccccc32)CC1. The number of halogens is 2. The van der Waals surface area contributed by atoms with Crippen molar-refractivity contribution >= 4 is 29.2 Å². The first kappa shape index (κ1) is 30.3. The maximum atomic E-state index is 13.6. The Bertz CT molecular complexity index is 1710. The second-order valence-electron chi connectivity index (χ2n) is 10.9. The van der Waals surface area contributed by atoms with Gasteiger partial charge in [0.2, 0.25) is 0 Å². The average Bonchev–Trinajstić information content (AvgIpc) is 3.30. The van der Waals surface area contributed by atoms with Gasteiger partial charge in [0.25, 0.3) is 0 Å². The second-order valence-corrected chi connectivity index (χ2v) is 10.9. The van der Waals surface area contributed by atoms with Crippen LogP contribution >= 0.6 is 12.4 Å². The third kappa shape index (κ3) is 7.07. The van der Waals surface area contributed by atoms with Gasteiger partial charge in [-0.3, -0.25) is 13.9 Å². The molecule has 0 radical (unpaired) electrons. The van der Waals surface area contributed by atoms with Crippen LogP contribution in [0.15, 0.2) is 108 Å². The van der Waals surface area contributed by atoms with E-state index in [1.54, 1.807) is 12.1 Å². The summed E-state index contributed by atoms with van der Waals surface area (Å²) in [6.07, 6.45) is 1.52. The average molecular weight is 600 g/mol. The summed E-state index contributed by atoms with van der Waals surface area (Å²) in [5.41, 5.74) is 4.52. The number of hydrogen-bond acceptors (Lipinski definition) is 4. The van der Waals surface area contributed by atoms with E-state index in [4.69, 9.17) is 4.74 Å². The predicted octanol–water partition coefficient (Wildman–Crippen LogP) is 6.59. The molecule has 6 rings (SSSR count). The molecule has 1 aromatic heterocycles. The third-order valence-corrected chi connectivity index (χ3v) is 8.16. The van der Waals surface area contributed by atoms with Gasteiger partial charge in [0.05, 0.1) is 17.6 Å². The van der Waals surface area contributed by atoms with E-state index < -0.39 is 0 Å². The molecular weight excluding hydrogens is 565 g/mol. The van der Waals surface area contributed by atoms with E-state index in [1.807, 2.05) is 88.0 Å². The van der Waals surface area contributed by atoms with Crippen molar-refractivity contribution in [2.75, 3.05) is 19.6 Å². The summed E-state index contributed by atoms with van der Waals surface area (Å²) in [5.74, 6) is 0.497. The first-order valence-corrected chi connectivity index (χ1v) is 14.5. The Hall–Kier alpha value is -4.20. The van der Waals surface area contributed by atoms with Gasteiger partial charge in [-0.15, -0.1) is 12.4 Å². The number of likely N-dealkylation sites (tertiary alicyclic amines) is 1. The van der Waals surface area contributed by atoms with Gasteiger partial charge in [-0.1, -0.05) is 54.6 Å². The first-order chi connectivity index (χ1) is 20.5. The zero-order valence-electron chi connectivity index (χ0n) is 23.9. The van der Waals surface area contributed by atoms with E-state index in [0.717, 1.165) is 60.4 Å². The number of fused-ring (bicyclic) bond motifs is 1. The molecule has 1 aliphatic heterocycles. The van der Waals surface area contributed by atoms with Crippen LogP contribution in [0.25, 0.3) is 11.0 Å². The molecule has 222 valence electrons. The fraction of sp³-hybridized carbons (Fsp3) is 0.257. The molecule has 0 atom stereocenters. The van der Waals surface area contributed by atoms with Crippen molar-refractivity contribution in [3.63, 3.8) is 0 Å². The van der Waals surface area contributed by atoms with E-state index in [9.17, 15) is 14.0 Å². The molecule has 0 spiro atoms. The number of para-hydroxylation sites is 2. The zero-order valence-corrected chi connectivity index (χ0v) is 24.7. The van der Waals surface area contributed by atoms with Crippen LogP contribution in [0.4, 0.5) is 4.39 Å². The lowest BCUT2D eigenvalue weighted by Gasteiger charge is -2.31. The van der Waals surface area contributed by atoms with E-state index in [1.165, 1.54) is 12.1 Å². The Morgan fingerprint density at radius 3 is 2.05 bits per heavy atom. The van der Waals surface area contributed by atoms with Crippen molar-refractivity contribution in [3.8, 4) is 5.75 Å². The summed E-state index contributed by atoms with van der Waals surface area (Å²) in [7, 11) is 0. The highest BCUT2D eigenvalue weighted by molar-refractivity contribution is 5.97. The molecule has 5 aromatic rings. The number of benzene rings is 4. The highest BCUT2D eigenvalue weighted by atomic mass is 35.5. The molecule has 2 heterocycles. The maximum Gasteiger partial charge on any atom is 0.329 e. The lowest BCUT2D eigenvalue weighted by Crippen LogP contribution is -2.39. The Labute approximate surface area is 256 Å². The molecule has 43 heavy (non-hydrogen) atoms. The van der Waals surface area contributed by atoms with Crippen LogP contribution < -0.4 is 10.4 Å². The molecular formula is C35H35ClFN3O3. The minimum absolute atomic E-state index is 0. The predicted molar refractivity (Wildman–Crippen MR) is 170 cm³/mol. The molecule has 0 saturated carbocycles. The van der Waals surface area contributed by atoms with Crippen molar-refractivity contribution in [2.24, 2.45) is 5.92 Å². The molecule has 6 nitrogen and oxygen atoms in total. The van der Waals surface area contributed by atoms with Crippen molar-refractivity contribution in [1.29, 1.82) is 0 Å². The fourth-order valence-corrected chi connectivity index (χ4v) is 5.77. The molecule has 0 aliphatic carbocycles. The van der Waals surface area contributed by atoms with Gasteiger partial charge in [-0.2, -0.15) is 0 Å². The zero-order chi connectivity index (χ0) is 28.9. The summed E-state index contributed by atoms with van der Waals surface area (Å²) in [6, 6.07) is 31.7. The maximum absolute atomic E-state index is 13.6. The second kappa shape index (κ2) is 13.8. The van der Waals surface area contributed by atoms with Crippen LogP contribution in [0.3, 0.4) is 0 Å². The molecule has 1 fully saturated rings. The number of carbonyl (C=O) groups is 1. The van der Waals surface area contributed by atoms with Crippen LogP contribution in [-0.2, 0) is 19.7 Å². The number of ether oxygens (including phenoxy) is 1. The van der Waals surface area contributed by atoms with Gasteiger partial charge in [0, 0.05) is 24.6 Å². The number of rotatable bonds is 10. The Morgan fingerprint density at radius 2 is 1.37 bits per heavy atom. The molecule has 0 N–H and O–H groups in total. The monoisotopic (exact) mass is 599 g/mol. The van der Waals surface area contributed by atoms with Crippen LogP contribution in [-0.4, -0.2) is 39.5 Å². The number of piperidine rings is 1. The van der Waals surface area contributed by atoms with Gasteiger partial charge in [-0.05, 0) is 85.6 Å². The summed E-state index contributed by atoms with van der Waals surface area (Å²) in [6.45, 7) is 3.89. The highest BCUT2D eigenvalue weighted by Crippen LogP contribution is 2.23. The Morgan fingerprint density at radius 1 is 0.744 bits per heavy atom. The molecule has 1 saturated heterocycles. The van der Waals surface area contributed by atoms with E-state index >= 15 is 0 Å². The van der Waals surface area contributed by atoms with E-state index in [2.05, 4.69) is 4.90 Å². The smallest absolute Gasteiger partial charge is 0.329 e. The number of Topliss-reactive ketones (excluding diaryl/α,β-unsaturated/α-hetero) is 1. The highest BCUT2D eigenvalue weighted by Gasteiger charge is 2.26. The molecule has 8 heteroatoms. The van der Waals surface area contributed by atoms with Crippen molar-refractivity contribution in [2.45, 2.75) is 32.5 Å². The standard InChI is InChI=1S/C35H34FN3O3.ClH/c36-30-14-12-28(13-15-30)34(40)29-18-20-37(21-19-29)22-23-38-32-8-4-5-9-33(32)39(35(38)41)24-26-10-16-31(17-11-26)42-25-27-6-2-1-3-7-27;/h1-17,29H,18-25H2;1H. The summed E-state index contributed by atoms with van der Waals surface area (Å²) in [4.78, 5) is 28.8. The van der Waals surface area contributed by atoms with Gasteiger partial charge in [0.1, 0.15) is 18.2 Å². The number of hydrogen-bond donors (Lipinski definition) is 0. The summed E-state index contributed by atoms with van der Waals surface area (Å²) in [5, 5.41) is 0. The number of carbonyl (C=O) groups excluding carboxylic acids is 1. The quantitative estimate of drug-likeness (QED) is 0.170. The number of imidazole rings is 1. The number of ketones is 1. The van der Waals surface area contributed by atoms with Gasteiger partial charge >= 0.3 is 5.69 Å². The van der Waals surface area contributed by atoms with Crippen LogP contribution in [0.2, 0.25) is 0 Å². The largest absolute Gasteiger partial charge is 0.489 e. The first-order valence-electron chi connectivity index (χ1n) is 14.5. The van der Waals surface area contributed by atoms with Crippen molar-refractivity contribution in [1.82, 2.24) is 14.0 Å². The fourth-order valence-electron chi connectivity index (χ4n) is 5.77. The Balaban J connectivity index is 0.00000368. The van der Waals surface area contributed by atoms with Crippen LogP contribution in [0.5, 0.6) is 5.75 Å². The lowest BCUT2D eigenvalue weighted by molar-refractivity contribution is 0.0837. The molecule has 0 amide bonds. The number of nitrogens with zero attached hydrogens (tertiary/aromatic N) is 3. The minimum Gasteiger partial charge on any atom is -0.489 e. The minimum atomic E-state index is -0.333. The van der Waals surface area contributed by atoms with Gasteiger partial charge in [-0.25, -0.2) is 9.18 Å². The normalized spacial score (nSPS) is 14.0. The summed E-state index contributed by atoms with van der Waals surface area (Å²) >= 11 is 0. The van der Waals surface area contributed by atoms with E-state index in [-0.39, 0.29) is 35.6 Å². The Kier molecular flexibility index (Phi) is 9.75. The topological polar surface area (TPSA) is 56.5 Å². The third-order valence-electron chi connectivity index (χ3n) is 8.16. The molecule has 0 unspecified atom stereocenters. The molecule has 4 aromatic carbocycles.